The highest BCUT2D eigenvalue weighted by Gasteiger charge is 2.18. The maximum absolute atomic E-state index is 11.3. The van der Waals surface area contributed by atoms with Gasteiger partial charge in [0.2, 0.25) is 0 Å². The van der Waals surface area contributed by atoms with Crippen molar-refractivity contribution in [2.45, 2.75) is 6.92 Å². The van der Waals surface area contributed by atoms with Gasteiger partial charge in [0.25, 0.3) is 0 Å². The third-order valence-corrected chi connectivity index (χ3v) is 5.26. The smallest absolute Gasteiger partial charge is 0.308 e. The van der Waals surface area contributed by atoms with Crippen LogP contribution in [-0.2, 0) is 9.53 Å². The number of morpholine rings is 1. The van der Waals surface area contributed by atoms with Crippen molar-refractivity contribution in [2.75, 3.05) is 38.3 Å². The number of aromatic nitrogens is 2. The standard InChI is InChI=1S/C19H19N3O4S/c1-12(23)26-17-10-13(3-4-16(17)24-2)14-9-15-18(20-11-14)19(27-21-15)22-5-7-25-8-6-22/h3-4,9-11H,5-8H2,1-2H3. The molecule has 4 rings (SSSR count). The van der Waals surface area contributed by atoms with Gasteiger partial charge in [0, 0.05) is 31.8 Å². The molecule has 0 unspecified atom stereocenters. The molecule has 1 aromatic carbocycles. The number of carbonyl (C=O) groups excluding carboxylic acids is 1. The Morgan fingerprint density at radius 3 is 2.74 bits per heavy atom. The van der Waals surface area contributed by atoms with Crippen LogP contribution in [0.4, 0.5) is 5.00 Å². The summed E-state index contributed by atoms with van der Waals surface area (Å²) in [5.41, 5.74) is 3.53. The summed E-state index contributed by atoms with van der Waals surface area (Å²) in [5.74, 6) is 0.495. The van der Waals surface area contributed by atoms with Crippen molar-refractivity contribution in [1.29, 1.82) is 0 Å². The molecule has 0 amide bonds. The molecule has 140 valence electrons. The molecule has 7 nitrogen and oxygen atoms in total. The molecule has 0 N–H and O–H groups in total. The number of methoxy groups -OCH3 is 1. The zero-order valence-electron chi connectivity index (χ0n) is 15.1. The normalized spacial score (nSPS) is 14.4. The molecule has 0 bridgehead atoms. The van der Waals surface area contributed by atoms with Crippen LogP contribution in [0.2, 0.25) is 0 Å². The van der Waals surface area contributed by atoms with E-state index in [4.69, 9.17) is 14.2 Å². The third-order valence-electron chi connectivity index (χ3n) is 4.35. The Kier molecular flexibility index (Phi) is 4.91. The summed E-state index contributed by atoms with van der Waals surface area (Å²) in [6, 6.07) is 7.46. The summed E-state index contributed by atoms with van der Waals surface area (Å²) < 4.78 is 20.5. The van der Waals surface area contributed by atoms with Gasteiger partial charge in [-0.2, -0.15) is 4.37 Å². The summed E-state index contributed by atoms with van der Waals surface area (Å²) >= 11 is 1.46. The van der Waals surface area contributed by atoms with E-state index in [1.807, 2.05) is 18.3 Å². The van der Waals surface area contributed by atoms with E-state index in [2.05, 4.69) is 14.3 Å². The fourth-order valence-electron chi connectivity index (χ4n) is 3.05. The monoisotopic (exact) mass is 385 g/mol. The van der Waals surface area contributed by atoms with Gasteiger partial charge in [-0.05, 0) is 35.3 Å². The van der Waals surface area contributed by atoms with Gasteiger partial charge < -0.3 is 19.1 Å². The molecule has 0 saturated carbocycles. The minimum Gasteiger partial charge on any atom is -0.493 e. The van der Waals surface area contributed by atoms with Crippen molar-refractivity contribution in [2.24, 2.45) is 0 Å². The predicted octanol–water partition coefficient (Wildman–Crippen LogP) is 3.13. The summed E-state index contributed by atoms with van der Waals surface area (Å²) in [6.45, 7) is 4.52. The molecule has 8 heteroatoms. The second kappa shape index (κ2) is 7.50. The molecule has 1 fully saturated rings. The number of carbonyl (C=O) groups is 1. The van der Waals surface area contributed by atoms with E-state index in [1.54, 1.807) is 12.1 Å². The molecule has 27 heavy (non-hydrogen) atoms. The van der Waals surface area contributed by atoms with E-state index in [1.165, 1.54) is 25.6 Å². The molecule has 0 radical (unpaired) electrons. The molecular weight excluding hydrogens is 366 g/mol. The lowest BCUT2D eigenvalue weighted by atomic mass is 10.1. The maximum atomic E-state index is 11.3. The van der Waals surface area contributed by atoms with Gasteiger partial charge in [-0.3, -0.25) is 9.78 Å². The number of benzene rings is 1. The summed E-state index contributed by atoms with van der Waals surface area (Å²) in [4.78, 5) is 18.3. The number of rotatable bonds is 4. The molecule has 1 aliphatic heterocycles. The van der Waals surface area contributed by atoms with Crippen molar-refractivity contribution in [3.63, 3.8) is 0 Å². The van der Waals surface area contributed by atoms with Crippen LogP contribution in [0.25, 0.3) is 22.2 Å². The van der Waals surface area contributed by atoms with Crippen molar-refractivity contribution in [3.05, 3.63) is 30.5 Å². The van der Waals surface area contributed by atoms with Crippen LogP contribution >= 0.6 is 11.5 Å². The van der Waals surface area contributed by atoms with Gasteiger partial charge >= 0.3 is 5.97 Å². The van der Waals surface area contributed by atoms with Crippen molar-refractivity contribution in [1.82, 2.24) is 9.36 Å². The van der Waals surface area contributed by atoms with Gasteiger partial charge in [-0.25, -0.2) is 0 Å². The Labute approximate surface area is 160 Å². The van der Waals surface area contributed by atoms with Crippen LogP contribution in [0, 0.1) is 0 Å². The molecule has 2 aromatic heterocycles. The van der Waals surface area contributed by atoms with Gasteiger partial charge in [-0.15, -0.1) is 0 Å². The predicted molar refractivity (Wildman–Crippen MR) is 104 cm³/mol. The van der Waals surface area contributed by atoms with E-state index in [0.717, 1.165) is 53.5 Å². The lowest BCUT2D eigenvalue weighted by Gasteiger charge is -2.26. The SMILES string of the molecule is COc1ccc(-c2cnc3c(N4CCOCC4)snc3c2)cc1OC(C)=O. The largest absolute Gasteiger partial charge is 0.493 e. The Bertz CT molecular complexity index is 982. The molecule has 0 atom stereocenters. The highest BCUT2D eigenvalue weighted by Crippen LogP contribution is 2.35. The number of anilines is 1. The summed E-state index contributed by atoms with van der Waals surface area (Å²) in [7, 11) is 1.54. The lowest BCUT2D eigenvalue weighted by Crippen LogP contribution is -2.35. The number of ether oxygens (including phenoxy) is 3. The number of hydrogen-bond donors (Lipinski definition) is 0. The van der Waals surface area contributed by atoms with Gasteiger partial charge in [0.1, 0.15) is 16.0 Å². The van der Waals surface area contributed by atoms with E-state index >= 15 is 0 Å². The average molecular weight is 385 g/mol. The lowest BCUT2D eigenvalue weighted by molar-refractivity contribution is -0.132. The second-order valence-electron chi connectivity index (χ2n) is 6.14. The van der Waals surface area contributed by atoms with Crippen molar-refractivity contribution >= 4 is 33.5 Å². The zero-order chi connectivity index (χ0) is 18.8. The minimum atomic E-state index is -0.395. The van der Waals surface area contributed by atoms with Crippen LogP contribution in [0.15, 0.2) is 30.5 Å². The first-order valence-corrected chi connectivity index (χ1v) is 9.38. The first kappa shape index (κ1) is 17.7. The molecular formula is C19H19N3O4S. The Morgan fingerprint density at radius 1 is 1.19 bits per heavy atom. The Morgan fingerprint density at radius 2 is 2.00 bits per heavy atom. The Balaban J connectivity index is 1.69. The van der Waals surface area contributed by atoms with Crippen LogP contribution in [0.3, 0.4) is 0 Å². The second-order valence-corrected chi connectivity index (χ2v) is 6.89. The molecule has 0 spiro atoms. The Hall–Kier alpha value is -2.71. The van der Waals surface area contributed by atoms with E-state index in [0.29, 0.717) is 11.5 Å². The first-order chi connectivity index (χ1) is 13.2. The number of pyridine rings is 1. The molecule has 1 saturated heterocycles. The highest BCUT2D eigenvalue weighted by atomic mass is 32.1. The quantitative estimate of drug-likeness (QED) is 0.505. The van der Waals surface area contributed by atoms with Crippen LogP contribution in [0.5, 0.6) is 11.5 Å². The van der Waals surface area contributed by atoms with Crippen LogP contribution < -0.4 is 14.4 Å². The molecule has 1 aliphatic rings. The van der Waals surface area contributed by atoms with Gasteiger partial charge in [0.05, 0.1) is 20.3 Å². The summed E-state index contributed by atoms with van der Waals surface area (Å²) in [5, 5.41) is 1.08. The van der Waals surface area contributed by atoms with E-state index < -0.39 is 5.97 Å². The number of nitrogens with zero attached hydrogens (tertiary/aromatic N) is 3. The number of esters is 1. The van der Waals surface area contributed by atoms with Crippen molar-refractivity contribution in [3.8, 4) is 22.6 Å². The van der Waals surface area contributed by atoms with Gasteiger partial charge in [0.15, 0.2) is 11.5 Å². The van der Waals surface area contributed by atoms with Crippen molar-refractivity contribution < 1.29 is 19.0 Å². The van der Waals surface area contributed by atoms with E-state index in [9.17, 15) is 4.79 Å². The van der Waals surface area contributed by atoms with Crippen LogP contribution in [0.1, 0.15) is 6.92 Å². The highest BCUT2D eigenvalue weighted by molar-refractivity contribution is 7.11. The minimum absolute atomic E-state index is 0.384. The number of hydrogen-bond acceptors (Lipinski definition) is 8. The fraction of sp³-hybridized carbons (Fsp3) is 0.316. The third kappa shape index (κ3) is 3.58. The molecule has 0 aliphatic carbocycles. The van der Waals surface area contributed by atoms with Gasteiger partial charge in [-0.1, -0.05) is 6.07 Å². The van der Waals surface area contributed by atoms with Crippen LogP contribution in [-0.4, -0.2) is 48.7 Å². The zero-order valence-corrected chi connectivity index (χ0v) is 15.9. The molecule has 3 heterocycles. The maximum Gasteiger partial charge on any atom is 0.308 e. The molecule has 3 aromatic rings. The first-order valence-electron chi connectivity index (χ1n) is 8.60. The fourth-order valence-corrected chi connectivity index (χ4v) is 3.91. The average Bonchev–Trinajstić information content (AvgIpc) is 3.11. The number of fused-ring (bicyclic) bond motifs is 1. The summed E-state index contributed by atoms with van der Waals surface area (Å²) in [6.07, 6.45) is 1.82. The topological polar surface area (TPSA) is 73.8 Å². The van der Waals surface area contributed by atoms with E-state index in [-0.39, 0.29) is 0 Å².